The first-order valence-electron chi connectivity index (χ1n) is 6.57. The molecule has 0 aliphatic heterocycles. The van der Waals surface area contributed by atoms with Gasteiger partial charge in [-0.1, -0.05) is 25.5 Å². The summed E-state index contributed by atoms with van der Waals surface area (Å²) >= 11 is 0. The molecule has 88 valence electrons. The quantitative estimate of drug-likeness (QED) is 0.528. The van der Waals surface area contributed by atoms with Crippen LogP contribution in [-0.4, -0.2) is 12.1 Å². The Morgan fingerprint density at radius 3 is 2.94 bits per heavy atom. The lowest BCUT2D eigenvalue weighted by Gasteiger charge is -2.28. The fourth-order valence-electron chi connectivity index (χ4n) is 3.81. The molecule has 3 aliphatic rings. The van der Waals surface area contributed by atoms with Gasteiger partial charge in [-0.25, -0.2) is 0 Å². The molecule has 0 radical (unpaired) electrons. The summed E-state index contributed by atoms with van der Waals surface area (Å²) < 4.78 is 5.64. The Kier molecular flexibility index (Phi) is 2.34. The zero-order chi connectivity index (χ0) is 11.3. The minimum absolute atomic E-state index is 0.00693. The first kappa shape index (κ1) is 10.4. The van der Waals surface area contributed by atoms with E-state index < -0.39 is 0 Å². The minimum Gasteiger partial charge on any atom is -0.462 e. The van der Waals surface area contributed by atoms with Crippen LogP contribution in [0, 0.1) is 23.7 Å². The Hall–Kier alpha value is -0.790. The highest BCUT2D eigenvalue weighted by Crippen LogP contribution is 2.57. The Balaban J connectivity index is 1.70. The maximum atomic E-state index is 11.6. The lowest BCUT2D eigenvalue weighted by molar-refractivity contribution is -0.154. The number of hydrogen-bond acceptors (Lipinski definition) is 2. The molecule has 4 unspecified atom stereocenters. The fourth-order valence-corrected chi connectivity index (χ4v) is 3.81. The van der Waals surface area contributed by atoms with Crippen LogP contribution in [0.1, 0.15) is 39.5 Å². The standard InChI is InChI=1S/C14H20O2/c1-8(2)14(15)16-13-7-9-6-12(13)11-5-3-4-10(9)11/h5,8-10,12-13H,3-4,6-7H2,1-2H3. The first-order chi connectivity index (χ1) is 7.66. The molecule has 2 nitrogen and oxygen atoms in total. The average molecular weight is 220 g/mol. The second kappa shape index (κ2) is 3.61. The van der Waals surface area contributed by atoms with Crippen LogP contribution in [0.15, 0.2) is 11.6 Å². The van der Waals surface area contributed by atoms with Crippen molar-refractivity contribution in [2.75, 3.05) is 0 Å². The topological polar surface area (TPSA) is 26.3 Å². The van der Waals surface area contributed by atoms with Gasteiger partial charge in [0, 0.05) is 5.92 Å². The number of carbonyl (C=O) groups is 1. The third-order valence-corrected chi connectivity index (χ3v) is 4.56. The largest absolute Gasteiger partial charge is 0.462 e. The van der Waals surface area contributed by atoms with Crippen molar-refractivity contribution >= 4 is 5.97 Å². The summed E-state index contributed by atoms with van der Waals surface area (Å²) in [5, 5.41) is 0. The maximum Gasteiger partial charge on any atom is 0.308 e. The Morgan fingerprint density at radius 1 is 1.38 bits per heavy atom. The molecular weight excluding hydrogens is 200 g/mol. The lowest BCUT2D eigenvalue weighted by Crippen LogP contribution is -2.29. The maximum absolute atomic E-state index is 11.6. The molecule has 2 bridgehead atoms. The molecule has 0 aromatic heterocycles. The van der Waals surface area contributed by atoms with Gasteiger partial charge in [0.1, 0.15) is 6.10 Å². The second-order valence-corrected chi connectivity index (χ2v) is 5.86. The number of fused-ring (bicyclic) bond motifs is 5. The Morgan fingerprint density at radius 2 is 2.19 bits per heavy atom. The van der Waals surface area contributed by atoms with E-state index in [0.717, 1.165) is 18.3 Å². The van der Waals surface area contributed by atoms with Gasteiger partial charge in [0.05, 0.1) is 5.92 Å². The second-order valence-electron chi connectivity index (χ2n) is 5.86. The van der Waals surface area contributed by atoms with Crippen LogP contribution in [0.4, 0.5) is 0 Å². The summed E-state index contributed by atoms with van der Waals surface area (Å²) in [4.78, 5) is 11.6. The monoisotopic (exact) mass is 220 g/mol. The van der Waals surface area contributed by atoms with Crippen molar-refractivity contribution in [2.24, 2.45) is 23.7 Å². The molecule has 4 atom stereocenters. The molecule has 0 aromatic carbocycles. The molecular formula is C14H20O2. The molecule has 0 saturated heterocycles. The number of carbonyl (C=O) groups excluding carboxylic acids is 1. The Labute approximate surface area is 97.1 Å². The van der Waals surface area contributed by atoms with Gasteiger partial charge in [-0.15, -0.1) is 0 Å². The number of hydrogen-bond donors (Lipinski definition) is 0. The van der Waals surface area contributed by atoms with E-state index in [1.165, 1.54) is 19.3 Å². The zero-order valence-corrected chi connectivity index (χ0v) is 10.1. The van der Waals surface area contributed by atoms with Crippen LogP contribution in [0.5, 0.6) is 0 Å². The van der Waals surface area contributed by atoms with Crippen LogP contribution in [0.3, 0.4) is 0 Å². The van der Waals surface area contributed by atoms with Gasteiger partial charge < -0.3 is 4.74 Å². The predicted octanol–water partition coefficient (Wildman–Crippen LogP) is 2.93. The van der Waals surface area contributed by atoms with Gasteiger partial charge in [-0.3, -0.25) is 4.79 Å². The lowest BCUT2D eigenvalue weighted by atomic mass is 9.84. The molecule has 3 aliphatic carbocycles. The molecule has 3 rings (SSSR count). The molecule has 0 aromatic rings. The highest BCUT2D eigenvalue weighted by molar-refractivity contribution is 5.71. The van der Waals surface area contributed by atoms with Crippen LogP contribution in [0.2, 0.25) is 0 Å². The third kappa shape index (κ3) is 1.42. The van der Waals surface area contributed by atoms with E-state index in [1.54, 1.807) is 5.57 Å². The van der Waals surface area contributed by atoms with Crippen LogP contribution in [0.25, 0.3) is 0 Å². The number of ether oxygens (including phenoxy) is 1. The highest BCUT2D eigenvalue weighted by Gasteiger charge is 2.51. The van der Waals surface area contributed by atoms with Crippen molar-refractivity contribution < 1.29 is 9.53 Å². The van der Waals surface area contributed by atoms with Crippen molar-refractivity contribution in [3.8, 4) is 0 Å². The third-order valence-electron chi connectivity index (χ3n) is 4.56. The normalized spacial score (nSPS) is 40.1. The minimum atomic E-state index is -0.0207. The van der Waals surface area contributed by atoms with Crippen molar-refractivity contribution in [2.45, 2.75) is 45.6 Å². The van der Waals surface area contributed by atoms with Crippen molar-refractivity contribution in [1.29, 1.82) is 0 Å². The van der Waals surface area contributed by atoms with Gasteiger partial charge in [-0.2, -0.15) is 0 Å². The van der Waals surface area contributed by atoms with Gasteiger partial charge in [0.15, 0.2) is 0 Å². The van der Waals surface area contributed by atoms with E-state index in [2.05, 4.69) is 6.08 Å². The van der Waals surface area contributed by atoms with E-state index in [4.69, 9.17) is 4.74 Å². The van der Waals surface area contributed by atoms with Crippen molar-refractivity contribution in [3.63, 3.8) is 0 Å². The molecule has 0 heterocycles. The molecule has 0 N–H and O–H groups in total. The number of allylic oxidation sites excluding steroid dienone is 1. The molecule has 0 spiro atoms. The summed E-state index contributed by atoms with van der Waals surface area (Å²) in [6.07, 6.45) is 7.59. The zero-order valence-electron chi connectivity index (χ0n) is 10.1. The Bertz CT molecular complexity index is 343. The van der Waals surface area contributed by atoms with Crippen molar-refractivity contribution in [3.05, 3.63) is 11.6 Å². The summed E-state index contributed by atoms with van der Waals surface area (Å²) in [6.45, 7) is 3.82. The summed E-state index contributed by atoms with van der Waals surface area (Å²) in [7, 11) is 0. The van der Waals surface area contributed by atoms with Gasteiger partial charge in [0.2, 0.25) is 0 Å². The molecule has 2 heteroatoms. The summed E-state index contributed by atoms with van der Waals surface area (Å²) in [6, 6.07) is 0. The van der Waals surface area contributed by atoms with E-state index >= 15 is 0 Å². The van der Waals surface area contributed by atoms with Gasteiger partial charge in [0.25, 0.3) is 0 Å². The van der Waals surface area contributed by atoms with E-state index in [1.807, 2.05) is 13.8 Å². The fraction of sp³-hybridized carbons (Fsp3) is 0.786. The van der Waals surface area contributed by atoms with E-state index in [0.29, 0.717) is 5.92 Å². The van der Waals surface area contributed by atoms with Crippen LogP contribution >= 0.6 is 0 Å². The van der Waals surface area contributed by atoms with Crippen LogP contribution in [-0.2, 0) is 9.53 Å². The molecule has 2 saturated carbocycles. The van der Waals surface area contributed by atoms with Gasteiger partial charge in [-0.05, 0) is 37.5 Å². The molecule has 2 fully saturated rings. The van der Waals surface area contributed by atoms with E-state index in [9.17, 15) is 4.79 Å². The number of esters is 1. The van der Waals surface area contributed by atoms with Crippen molar-refractivity contribution in [1.82, 2.24) is 0 Å². The summed E-state index contributed by atoms with van der Waals surface area (Å²) in [5.41, 5.74) is 1.62. The van der Waals surface area contributed by atoms with Gasteiger partial charge >= 0.3 is 5.97 Å². The SMILES string of the molecule is CC(C)C(=O)OC1CC2CC1C1=CCCC12. The predicted molar refractivity (Wildman–Crippen MR) is 61.7 cm³/mol. The smallest absolute Gasteiger partial charge is 0.308 e. The van der Waals surface area contributed by atoms with Crippen LogP contribution < -0.4 is 0 Å². The van der Waals surface area contributed by atoms with E-state index in [-0.39, 0.29) is 18.0 Å². The molecule has 16 heavy (non-hydrogen) atoms. The average Bonchev–Trinajstić information content (AvgIpc) is 2.87. The molecule has 0 amide bonds. The number of rotatable bonds is 2. The first-order valence-corrected chi connectivity index (χ1v) is 6.57. The highest BCUT2D eigenvalue weighted by atomic mass is 16.5. The summed E-state index contributed by atoms with van der Waals surface area (Å²) in [5.74, 6) is 2.21.